The Labute approximate surface area is 153 Å². The Morgan fingerprint density at radius 1 is 1.23 bits per heavy atom. The zero-order chi connectivity index (χ0) is 17.9. The Morgan fingerprint density at radius 3 is 2.69 bits per heavy atom. The first-order valence-corrected chi connectivity index (χ1v) is 9.25. The van der Waals surface area contributed by atoms with Crippen LogP contribution in [0.25, 0.3) is 17.1 Å². The summed E-state index contributed by atoms with van der Waals surface area (Å²) in [5.74, 6) is 1.36. The molecule has 4 rings (SSSR count). The van der Waals surface area contributed by atoms with Crippen LogP contribution in [-0.4, -0.2) is 33.7 Å². The van der Waals surface area contributed by atoms with Crippen molar-refractivity contribution in [3.05, 3.63) is 60.5 Å². The van der Waals surface area contributed by atoms with Gasteiger partial charge in [-0.15, -0.1) is 0 Å². The lowest BCUT2D eigenvalue weighted by atomic mass is 10.2. The molecule has 1 aliphatic rings. The molecule has 2 aromatic heterocycles. The van der Waals surface area contributed by atoms with Crippen LogP contribution in [0.15, 0.2) is 59.2 Å². The van der Waals surface area contributed by atoms with Gasteiger partial charge in [0.2, 0.25) is 0 Å². The predicted molar refractivity (Wildman–Crippen MR) is 100 cm³/mol. The highest BCUT2D eigenvalue weighted by molar-refractivity contribution is 5.94. The molecule has 0 spiro atoms. The molecule has 0 atom stereocenters. The van der Waals surface area contributed by atoms with Crippen molar-refractivity contribution in [1.82, 2.24) is 14.7 Å². The molecule has 134 valence electrons. The molecule has 1 aromatic carbocycles. The van der Waals surface area contributed by atoms with Crippen molar-refractivity contribution in [1.29, 1.82) is 0 Å². The van der Waals surface area contributed by atoms with Crippen LogP contribution >= 0.6 is 0 Å². The van der Waals surface area contributed by atoms with Gasteiger partial charge in [-0.05, 0) is 49.4 Å². The fourth-order valence-corrected chi connectivity index (χ4v) is 3.16. The molecule has 1 fully saturated rings. The summed E-state index contributed by atoms with van der Waals surface area (Å²) in [5, 5.41) is 4.66. The average Bonchev–Trinajstić information content (AvgIpc) is 3.14. The normalized spacial score (nSPS) is 13.7. The Morgan fingerprint density at radius 2 is 2.04 bits per heavy atom. The summed E-state index contributed by atoms with van der Waals surface area (Å²) < 4.78 is 7.22. The van der Waals surface area contributed by atoms with Crippen LogP contribution in [-0.2, 0) is 0 Å². The van der Waals surface area contributed by atoms with E-state index < -0.39 is 0 Å². The molecule has 0 aliphatic heterocycles. The molecule has 0 saturated heterocycles. The highest BCUT2D eigenvalue weighted by atomic mass is 16.3. The molecule has 1 aliphatic carbocycles. The molecule has 2 heterocycles. The summed E-state index contributed by atoms with van der Waals surface area (Å²) in [6.45, 7) is 3.71. The monoisotopic (exact) mass is 349 g/mol. The van der Waals surface area contributed by atoms with Crippen LogP contribution in [0.1, 0.15) is 36.7 Å². The van der Waals surface area contributed by atoms with Crippen LogP contribution in [0.2, 0.25) is 0 Å². The van der Waals surface area contributed by atoms with Crippen molar-refractivity contribution in [3.63, 3.8) is 0 Å². The third-order valence-corrected chi connectivity index (χ3v) is 4.66. The average molecular weight is 349 g/mol. The Balaban J connectivity index is 1.74. The van der Waals surface area contributed by atoms with E-state index in [4.69, 9.17) is 4.42 Å². The molecule has 0 radical (unpaired) electrons. The summed E-state index contributed by atoms with van der Waals surface area (Å²) in [6.07, 6.45) is 5.02. The van der Waals surface area contributed by atoms with Gasteiger partial charge in [-0.1, -0.05) is 25.1 Å². The second-order valence-corrected chi connectivity index (χ2v) is 6.83. The lowest BCUT2D eigenvalue weighted by Gasteiger charge is -2.22. The number of aromatic nitrogens is 2. The maximum Gasteiger partial charge on any atom is 0.272 e. The Kier molecular flexibility index (Phi) is 4.61. The summed E-state index contributed by atoms with van der Waals surface area (Å²) in [5.41, 5.74) is 2.12. The number of hydrogen-bond acceptors (Lipinski definition) is 3. The highest BCUT2D eigenvalue weighted by Crippen LogP contribution is 2.31. The minimum atomic E-state index is 0.0351. The second-order valence-electron chi connectivity index (χ2n) is 6.83. The molecule has 5 nitrogen and oxygen atoms in total. The Hall–Kier alpha value is -2.82. The van der Waals surface area contributed by atoms with Gasteiger partial charge in [0.05, 0.1) is 12.0 Å². The smallest absolute Gasteiger partial charge is 0.272 e. The zero-order valence-corrected chi connectivity index (χ0v) is 15.0. The van der Waals surface area contributed by atoms with Crippen molar-refractivity contribution < 1.29 is 9.21 Å². The molecule has 1 saturated carbocycles. The maximum absolute atomic E-state index is 13.3. The van der Waals surface area contributed by atoms with E-state index in [9.17, 15) is 4.79 Å². The Bertz CT molecular complexity index is 864. The number of para-hydroxylation sites is 1. The molecule has 0 bridgehead atoms. The number of nitrogens with zero attached hydrogens (tertiary/aromatic N) is 3. The third kappa shape index (κ3) is 3.43. The number of carbonyl (C=O) groups is 1. The second kappa shape index (κ2) is 7.20. The van der Waals surface area contributed by atoms with E-state index in [0.29, 0.717) is 23.1 Å². The minimum absolute atomic E-state index is 0.0351. The lowest BCUT2D eigenvalue weighted by molar-refractivity contribution is 0.0738. The van der Waals surface area contributed by atoms with E-state index in [0.717, 1.165) is 25.2 Å². The summed E-state index contributed by atoms with van der Waals surface area (Å²) in [6, 6.07) is 15.3. The van der Waals surface area contributed by atoms with Gasteiger partial charge in [0.1, 0.15) is 11.4 Å². The number of hydrogen-bond donors (Lipinski definition) is 0. The van der Waals surface area contributed by atoms with Gasteiger partial charge in [0, 0.05) is 19.2 Å². The molecule has 26 heavy (non-hydrogen) atoms. The third-order valence-electron chi connectivity index (χ3n) is 4.66. The number of rotatable bonds is 7. The molecular weight excluding hydrogens is 326 g/mol. The van der Waals surface area contributed by atoms with E-state index in [1.54, 1.807) is 10.9 Å². The molecule has 0 unspecified atom stereocenters. The summed E-state index contributed by atoms with van der Waals surface area (Å²) >= 11 is 0. The first kappa shape index (κ1) is 16.6. The van der Waals surface area contributed by atoms with Crippen LogP contribution in [0.4, 0.5) is 0 Å². The van der Waals surface area contributed by atoms with Crippen LogP contribution in [0.5, 0.6) is 0 Å². The van der Waals surface area contributed by atoms with E-state index in [1.165, 1.54) is 12.8 Å². The number of carbonyl (C=O) groups excluding carboxylic acids is 1. The van der Waals surface area contributed by atoms with Gasteiger partial charge < -0.3 is 9.32 Å². The van der Waals surface area contributed by atoms with E-state index in [2.05, 4.69) is 12.0 Å². The van der Waals surface area contributed by atoms with Gasteiger partial charge >= 0.3 is 0 Å². The zero-order valence-electron chi connectivity index (χ0n) is 15.0. The van der Waals surface area contributed by atoms with Crippen LogP contribution < -0.4 is 0 Å². The van der Waals surface area contributed by atoms with Crippen molar-refractivity contribution in [2.75, 3.05) is 13.1 Å². The fourth-order valence-electron chi connectivity index (χ4n) is 3.16. The number of furan rings is 1. The fraction of sp³-hybridized carbons (Fsp3) is 0.333. The predicted octanol–water partition coefficient (Wildman–Crippen LogP) is 4.39. The van der Waals surface area contributed by atoms with Gasteiger partial charge in [-0.2, -0.15) is 5.10 Å². The topological polar surface area (TPSA) is 51.3 Å². The molecule has 1 amide bonds. The largest absolute Gasteiger partial charge is 0.463 e. The van der Waals surface area contributed by atoms with Gasteiger partial charge in [-0.3, -0.25) is 4.79 Å². The first-order valence-electron chi connectivity index (χ1n) is 9.25. The van der Waals surface area contributed by atoms with Crippen LogP contribution in [0.3, 0.4) is 0 Å². The van der Waals surface area contributed by atoms with E-state index in [1.807, 2.05) is 53.4 Å². The van der Waals surface area contributed by atoms with Crippen molar-refractivity contribution in [2.45, 2.75) is 26.2 Å². The summed E-state index contributed by atoms with van der Waals surface area (Å²) in [7, 11) is 0. The van der Waals surface area contributed by atoms with Crippen molar-refractivity contribution in [3.8, 4) is 17.1 Å². The van der Waals surface area contributed by atoms with E-state index in [-0.39, 0.29) is 5.91 Å². The van der Waals surface area contributed by atoms with Crippen LogP contribution in [0, 0.1) is 5.92 Å². The van der Waals surface area contributed by atoms with Gasteiger partial charge in [0.15, 0.2) is 5.76 Å². The SMILES string of the molecule is CCCN(CC1CC1)C(=O)c1cc(-c2ccco2)nn1-c1ccccc1. The summed E-state index contributed by atoms with van der Waals surface area (Å²) in [4.78, 5) is 15.3. The maximum atomic E-state index is 13.3. The van der Waals surface area contributed by atoms with Crippen molar-refractivity contribution >= 4 is 5.91 Å². The number of benzene rings is 1. The molecular formula is C21H23N3O2. The quantitative estimate of drug-likeness (QED) is 0.635. The highest BCUT2D eigenvalue weighted by Gasteiger charge is 2.29. The number of amides is 1. The lowest BCUT2D eigenvalue weighted by Crippen LogP contribution is -2.34. The standard InChI is InChI=1S/C21H23N3O2/c1-2-12-23(15-16-10-11-16)21(25)19-14-18(20-9-6-13-26-20)22-24(19)17-7-4-3-5-8-17/h3-9,13-14,16H,2,10-12,15H2,1H3. The van der Waals surface area contributed by atoms with Gasteiger partial charge in [-0.25, -0.2) is 4.68 Å². The van der Waals surface area contributed by atoms with Gasteiger partial charge in [0.25, 0.3) is 5.91 Å². The minimum Gasteiger partial charge on any atom is -0.463 e. The molecule has 5 heteroatoms. The van der Waals surface area contributed by atoms with Crippen molar-refractivity contribution in [2.24, 2.45) is 5.92 Å². The molecule has 3 aromatic rings. The molecule has 0 N–H and O–H groups in total. The van der Waals surface area contributed by atoms with E-state index >= 15 is 0 Å². The first-order chi connectivity index (χ1) is 12.8.